The van der Waals surface area contributed by atoms with Gasteiger partial charge in [-0.2, -0.15) is 0 Å². The Balaban J connectivity index is 1.82. The highest BCUT2D eigenvalue weighted by Crippen LogP contribution is 2.21. The molecule has 0 saturated heterocycles. The van der Waals surface area contributed by atoms with Crippen LogP contribution in [0.3, 0.4) is 0 Å². The fourth-order valence-electron chi connectivity index (χ4n) is 2.69. The zero-order valence-corrected chi connectivity index (χ0v) is 13.8. The molecule has 1 aromatic carbocycles. The van der Waals surface area contributed by atoms with Crippen LogP contribution in [-0.2, 0) is 19.6 Å². The minimum atomic E-state index is 0.327. The lowest BCUT2D eigenvalue weighted by Gasteiger charge is -2.22. The lowest BCUT2D eigenvalue weighted by molar-refractivity contribution is 0.238. The molecule has 4 nitrogen and oxygen atoms in total. The summed E-state index contributed by atoms with van der Waals surface area (Å²) in [5.74, 6) is 0.327. The molecule has 2 heterocycles. The van der Waals surface area contributed by atoms with Gasteiger partial charge in [-0.3, -0.25) is 14.9 Å². The smallest absolute Gasteiger partial charge is 0.120 e. The van der Waals surface area contributed by atoms with Crippen LogP contribution < -0.4 is 0 Å². The van der Waals surface area contributed by atoms with Gasteiger partial charge in [0.2, 0.25) is 0 Å². The topological polar surface area (TPSA) is 49.2 Å². The third-order valence-corrected chi connectivity index (χ3v) is 3.85. The van der Waals surface area contributed by atoms with E-state index in [2.05, 4.69) is 14.9 Å². The third-order valence-electron chi connectivity index (χ3n) is 3.85. The molecule has 122 valence electrons. The number of benzene rings is 1. The van der Waals surface area contributed by atoms with Crippen LogP contribution in [0.25, 0.3) is 0 Å². The Bertz CT molecular complexity index is 734. The minimum absolute atomic E-state index is 0.327. The van der Waals surface area contributed by atoms with Crippen molar-refractivity contribution in [1.29, 1.82) is 0 Å². The van der Waals surface area contributed by atoms with Crippen LogP contribution in [0.5, 0.6) is 5.75 Å². The highest BCUT2D eigenvalue weighted by molar-refractivity contribution is 5.35. The Kier molecular flexibility index (Phi) is 5.18. The summed E-state index contributed by atoms with van der Waals surface area (Å²) in [5, 5.41) is 10.2. The van der Waals surface area contributed by atoms with E-state index < -0.39 is 0 Å². The van der Waals surface area contributed by atoms with Gasteiger partial charge in [0.05, 0.1) is 11.4 Å². The zero-order chi connectivity index (χ0) is 16.8. The number of aromatic nitrogens is 2. The fraction of sp³-hybridized carbons (Fsp3) is 0.200. The molecule has 0 aliphatic carbocycles. The van der Waals surface area contributed by atoms with Crippen LogP contribution >= 0.6 is 0 Å². The van der Waals surface area contributed by atoms with E-state index in [9.17, 15) is 5.11 Å². The van der Waals surface area contributed by atoms with Crippen molar-refractivity contribution in [3.05, 3.63) is 89.5 Å². The molecule has 4 heteroatoms. The van der Waals surface area contributed by atoms with Gasteiger partial charge >= 0.3 is 0 Å². The van der Waals surface area contributed by atoms with Crippen molar-refractivity contribution in [2.45, 2.75) is 26.6 Å². The van der Waals surface area contributed by atoms with E-state index in [1.54, 1.807) is 18.5 Å². The molecule has 0 bridgehead atoms. The lowest BCUT2D eigenvalue weighted by Crippen LogP contribution is -2.23. The summed E-state index contributed by atoms with van der Waals surface area (Å²) in [6.07, 6.45) is 3.61. The molecule has 0 aliphatic rings. The average Bonchev–Trinajstić information content (AvgIpc) is 2.60. The molecule has 2 aromatic heterocycles. The maximum absolute atomic E-state index is 10.2. The van der Waals surface area contributed by atoms with Gasteiger partial charge in [-0.1, -0.05) is 29.8 Å². The number of nitrogens with zero attached hydrogens (tertiary/aromatic N) is 3. The molecular formula is C20H21N3O. The predicted octanol–water partition coefficient (Wildman–Crippen LogP) is 3.69. The van der Waals surface area contributed by atoms with Crippen molar-refractivity contribution in [1.82, 2.24) is 14.9 Å². The maximum Gasteiger partial charge on any atom is 0.120 e. The van der Waals surface area contributed by atoms with Gasteiger partial charge in [0, 0.05) is 37.6 Å². The van der Waals surface area contributed by atoms with Crippen LogP contribution in [0.1, 0.15) is 22.5 Å². The van der Waals surface area contributed by atoms with Crippen molar-refractivity contribution in [3.8, 4) is 5.75 Å². The standard InChI is InChI=1S/C20H21N3O/c1-16-8-9-20(24)17(12-16)13-23(14-18-6-2-4-10-21-18)15-19-7-3-5-11-22-19/h2-12,24H,13-15H2,1H3. The Morgan fingerprint density at radius 3 is 2.00 bits per heavy atom. The number of hydrogen-bond acceptors (Lipinski definition) is 4. The lowest BCUT2D eigenvalue weighted by atomic mass is 10.1. The van der Waals surface area contributed by atoms with E-state index in [0.29, 0.717) is 25.4 Å². The third kappa shape index (κ3) is 4.40. The quantitative estimate of drug-likeness (QED) is 0.753. The monoisotopic (exact) mass is 319 g/mol. The molecule has 0 saturated carbocycles. The first-order chi connectivity index (χ1) is 11.7. The number of rotatable bonds is 6. The van der Waals surface area contributed by atoms with Crippen molar-refractivity contribution in [2.75, 3.05) is 0 Å². The Labute approximate surface area is 142 Å². The van der Waals surface area contributed by atoms with Gasteiger partial charge < -0.3 is 5.11 Å². The fourth-order valence-corrected chi connectivity index (χ4v) is 2.69. The first kappa shape index (κ1) is 16.1. The van der Waals surface area contributed by atoms with Crippen LogP contribution in [0, 0.1) is 6.92 Å². The molecule has 1 N–H and O–H groups in total. The molecule has 0 unspecified atom stereocenters. The van der Waals surface area contributed by atoms with E-state index in [4.69, 9.17) is 0 Å². The van der Waals surface area contributed by atoms with E-state index in [1.165, 1.54) is 0 Å². The summed E-state index contributed by atoms with van der Waals surface area (Å²) in [6, 6.07) is 17.5. The Morgan fingerprint density at radius 2 is 1.46 bits per heavy atom. The number of pyridine rings is 2. The molecule has 0 atom stereocenters. The molecule has 0 radical (unpaired) electrons. The molecule has 3 aromatic rings. The number of aryl methyl sites for hydroxylation is 1. The minimum Gasteiger partial charge on any atom is -0.508 e. The summed E-state index contributed by atoms with van der Waals surface area (Å²) >= 11 is 0. The Morgan fingerprint density at radius 1 is 0.833 bits per heavy atom. The molecule has 0 spiro atoms. The Hall–Kier alpha value is -2.72. The summed E-state index contributed by atoms with van der Waals surface area (Å²) in [7, 11) is 0. The van der Waals surface area contributed by atoms with Crippen LogP contribution in [0.2, 0.25) is 0 Å². The van der Waals surface area contributed by atoms with E-state index in [-0.39, 0.29) is 0 Å². The number of phenols is 1. The van der Waals surface area contributed by atoms with Gasteiger partial charge in [0.15, 0.2) is 0 Å². The predicted molar refractivity (Wildman–Crippen MR) is 94.3 cm³/mol. The normalized spacial score (nSPS) is 10.9. The van der Waals surface area contributed by atoms with Crippen molar-refractivity contribution >= 4 is 0 Å². The van der Waals surface area contributed by atoms with E-state index in [1.807, 2.05) is 55.5 Å². The first-order valence-corrected chi connectivity index (χ1v) is 8.01. The van der Waals surface area contributed by atoms with Gasteiger partial charge in [-0.05, 0) is 37.3 Å². The van der Waals surface area contributed by atoms with E-state index in [0.717, 1.165) is 22.5 Å². The summed E-state index contributed by atoms with van der Waals surface area (Å²) in [6.45, 7) is 4.07. The summed E-state index contributed by atoms with van der Waals surface area (Å²) in [5.41, 5.74) is 4.06. The number of aromatic hydroxyl groups is 1. The average molecular weight is 319 g/mol. The van der Waals surface area contributed by atoms with Crippen molar-refractivity contribution in [3.63, 3.8) is 0 Å². The van der Waals surface area contributed by atoms with Gasteiger partial charge in [0.1, 0.15) is 5.75 Å². The maximum atomic E-state index is 10.2. The zero-order valence-electron chi connectivity index (χ0n) is 13.8. The highest BCUT2D eigenvalue weighted by atomic mass is 16.3. The van der Waals surface area contributed by atoms with Gasteiger partial charge in [-0.15, -0.1) is 0 Å². The molecule has 0 aliphatic heterocycles. The molecule has 3 rings (SSSR count). The first-order valence-electron chi connectivity index (χ1n) is 8.01. The summed E-state index contributed by atoms with van der Waals surface area (Å²) in [4.78, 5) is 11.1. The number of phenolic OH excluding ortho intramolecular Hbond substituents is 1. The highest BCUT2D eigenvalue weighted by Gasteiger charge is 2.12. The summed E-state index contributed by atoms with van der Waals surface area (Å²) < 4.78 is 0. The second-order valence-corrected chi connectivity index (χ2v) is 5.92. The molecule has 0 fully saturated rings. The molecule has 0 amide bonds. The van der Waals surface area contributed by atoms with Crippen LogP contribution in [0.4, 0.5) is 0 Å². The van der Waals surface area contributed by atoms with Gasteiger partial charge in [0.25, 0.3) is 0 Å². The van der Waals surface area contributed by atoms with E-state index >= 15 is 0 Å². The molecular weight excluding hydrogens is 298 g/mol. The SMILES string of the molecule is Cc1ccc(O)c(CN(Cc2ccccn2)Cc2ccccn2)c1. The second-order valence-electron chi connectivity index (χ2n) is 5.92. The largest absolute Gasteiger partial charge is 0.508 e. The van der Waals surface area contributed by atoms with Crippen molar-refractivity contribution in [2.24, 2.45) is 0 Å². The number of hydrogen-bond donors (Lipinski definition) is 1. The van der Waals surface area contributed by atoms with Crippen LogP contribution in [-0.4, -0.2) is 20.0 Å². The second kappa shape index (κ2) is 7.70. The van der Waals surface area contributed by atoms with Crippen molar-refractivity contribution < 1.29 is 5.11 Å². The van der Waals surface area contributed by atoms with Crippen LogP contribution in [0.15, 0.2) is 67.0 Å². The van der Waals surface area contributed by atoms with Gasteiger partial charge in [-0.25, -0.2) is 0 Å². The molecule has 24 heavy (non-hydrogen) atoms.